The summed E-state index contributed by atoms with van der Waals surface area (Å²) >= 11 is 6.48. The minimum atomic E-state index is -0.817. The molecule has 23 heavy (non-hydrogen) atoms. The number of fused-ring (bicyclic) bond motifs is 1. The number of benzene rings is 2. The van der Waals surface area contributed by atoms with E-state index in [0.717, 1.165) is 46.5 Å². The van der Waals surface area contributed by atoms with E-state index in [9.17, 15) is 9.90 Å². The van der Waals surface area contributed by atoms with Gasteiger partial charge in [0.15, 0.2) is 0 Å². The Hall–Kier alpha value is -1.84. The Bertz CT molecular complexity index is 812. The Balaban J connectivity index is 2.34. The van der Waals surface area contributed by atoms with E-state index < -0.39 is 5.97 Å². The number of hydrogen-bond donors (Lipinski definition) is 2. The van der Waals surface area contributed by atoms with Crippen molar-refractivity contribution in [2.75, 3.05) is 0 Å². The number of nitrogens with one attached hydrogen (secondary N) is 1. The molecular formula is C19H20ClNO2. The van der Waals surface area contributed by atoms with Gasteiger partial charge in [-0.05, 0) is 65.8 Å². The molecule has 0 saturated carbocycles. The van der Waals surface area contributed by atoms with Gasteiger partial charge in [-0.3, -0.25) is 4.79 Å². The minimum Gasteiger partial charge on any atom is -0.481 e. The molecule has 2 aromatic carbocycles. The maximum absolute atomic E-state index is 11.4. The van der Waals surface area contributed by atoms with Crippen LogP contribution in [0.25, 0.3) is 11.1 Å². The molecule has 0 bridgehead atoms. The van der Waals surface area contributed by atoms with Crippen LogP contribution in [0.1, 0.15) is 33.4 Å². The molecular weight excluding hydrogens is 310 g/mol. The van der Waals surface area contributed by atoms with Crippen LogP contribution in [0.4, 0.5) is 0 Å². The van der Waals surface area contributed by atoms with Crippen molar-refractivity contribution >= 4 is 17.6 Å². The average Bonchev–Trinajstić information content (AvgIpc) is 2.96. The van der Waals surface area contributed by atoms with Crippen molar-refractivity contribution in [1.29, 1.82) is 0 Å². The second-order valence-electron chi connectivity index (χ2n) is 6.22. The SMILES string of the molecule is Cc1ccc(-c2c(C)c3c(c(C)c2CC(=O)O)CNC3)c(Cl)c1. The third kappa shape index (κ3) is 2.75. The molecule has 0 radical (unpaired) electrons. The fraction of sp³-hybridized carbons (Fsp3) is 0.316. The first-order valence-electron chi connectivity index (χ1n) is 7.73. The fourth-order valence-electron chi connectivity index (χ4n) is 3.55. The van der Waals surface area contributed by atoms with E-state index in [4.69, 9.17) is 11.6 Å². The summed E-state index contributed by atoms with van der Waals surface area (Å²) in [6.07, 6.45) is 0.0134. The van der Waals surface area contributed by atoms with E-state index in [0.29, 0.717) is 5.02 Å². The Labute approximate surface area is 141 Å². The lowest BCUT2D eigenvalue weighted by Gasteiger charge is -2.20. The maximum atomic E-state index is 11.4. The lowest BCUT2D eigenvalue weighted by atomic mass is 9.84. The summed E-state index contributed by atoms with van der Waals surface area (Å²) in [5.74, 6) is -0.817. The summed E-state index contributed by atoms with van der Waals surface area (Å²) in [5.41, 5.74) is 8.61. The first-order valence-corrected chi connectivity index (χ1v) is 8.10. The Morgan fingerprint density at radius 3 is 2.43 bits per heavy atom. The number of aliphatic carboxylic acids is 1. The van der Waals surface area contributed by atoms with Crippen molar-refractivity contribution < 1.29 is 9.90 Å². The molecule has 0 unspecified atom stereocenters. The van der Waals surface area contributed by atoms with Gasteiger partial charge in [0.1, 0.15) is 0 Å². The zero-order chi connectivity index (χ0) is 16.7. The minimum absolute atomic E-state index is 0.0134. The molecule has 1 heterocycles. The van der Waals surface area contributed by atoms with Gasteiger partial charge < -0.3 is 10.4 Å². The number of hydrogen-bond acceptors (Lipinski definition) is 2. The Morgan fingerprint density at radius 1 is 1.17 bits per heavy atom. The smallest absolute Gasteiger partial charge is 0.307 e. The largest absolute Gasteiger partial charge is 0.481 e. The van der Waals surface area contributed by atoms with Gasteiger partial charge in [0.2, 0.25) is 0 Å². The van der Waals surface area contributed by atoms with Gasteiger partial charge in [-0.25, -0.2) is 0 Å². The summed E-state index contributed by atoms with van der Waals surface area (Å²) in [5, 5.41) is 13.4. The molecule has 0 atom stereocenters. The highest BCUT2D eigenvalue weighted by molar-refractivity contribution is 6.33. The van der Waals surface area contributed by atoms with Gasteiger partial charge in [-0.2, -0.15) is 0 Å². The van der Waals surface area contributed by atoms with Gasteiger partial charge in [-0.15, -0.1) is 0 Å². The highest BCUT2D eigenvalue weighted by Crippen LogP contribution is 2.40. The van der Waals surface area contributed by atoms with Crippen LogP contribution in [-0.2, 0) is 24.3 Å². The average molecular weight is 330 g/mol. The van der Waals surface area contributed by atoms with E-state index in [1.165, 1.54) is 11.1 Å². The molecule has 4 heteroatoms. The molecule has 0 aliphatic carbocycles. The maximum Gasteiger partial charge on any atom is 0.307 e. The number of carbonyl (C=O) groups is 1. The summed E-state index contributed by atoms with van der Waals surface area (Å²) in [6.45, 7) is 7.72. The highest BCUT2D eigenvalue weighted by atomic mass is 35.5. The third-order valence-electron chi connectivity index (χ3n) is 4.72. The molecule has 120 valence electrons. The standard InChI is InChI=1S/C19H20ClNO2/c1-10-4-5-13(17(20)6-10)19-12(3)16-9-21-8-15(16)11(2)14(19)7-18(22)23/h4-6,21H,7-9H2,1-3H3,(H,22,23). The first kappa shape index (κ1) is 16.0. The zero-order valence-electron chi connectivity index (χ0n) is 13.6. The first-order chi connectivity index (χ1) is 10.9. The molecule has 2 N–H and O–H groups in total. The molecule has 0 spiro atoms. The molecule has 1 aliphatic rings. The third-order valence-corrected chi connectivity index (χ3v) is 5.04. The van der Waals surface area contributed by atoms with Crippen molar-refractivity contribution in [3.05, 3.63) is 56.6 Å². The van der Waals surface area contributed by atoms with Crippen molar-refractivity contribution in [3.8, 4) is 11.1 Å². The second kappa shape index (κ2) is 5.99. The number of rotatable bonds is 3. The topological polar surface area (TPSA) is 49.3 Å². The van der Waals surface area contributed by atoms with Gasteiger partial charge in [-0.1, -0.05) is 23.7 Å². The number of carboxylic acid groups (broad SMARTS) is 1. The molecule has 3 nitrogen and oxygen atoms in total. The van der Waals surface area contributed by atoms with Crippen LogP contribution in [0.5, 0.6) is 0 Å². The van der Waals surface area contributed by atoms with Gasteiger partial charge in [0, 0.05) is 23.7 Å². The van der Waals surface area contributed by atoms with E-state index in [2.05, 4.69) is 12.2 Å². The van der Waals surface area contributed by atoms with Crippen LogP contribution in [0, 0.1) is 20.8 Å². The van der Waals surface area contributed by atoms with Crippen LogP contribution in [0.3, 0.4) is 0 Å². The van der Waals surface area contributed by atoms with Gasteiger partial charge >= 0.3 is 5.97 Å². The molecule has 1 aliphatic heterocycles. The summed E-state index contributed by atoms with van der Waals surface area (Å²) in [4.78, 5) is 11.4. The van der Waals surface area contributed by atoms with Crippen molar-refractivity contribution in [2.24, 2.45) is 0 Å². The lowest BCUT2D eigenvalue weighted by molar-refractivity contribution is -0.136. The Morgan fingerprint density at radius 2 is 1.83 bits per heavy atom. The lowest BCUT2D eigenvalue weighted by Crippen LogP contribution is -2.09. The molecule has 0 aromatic heterocycles. The van der Waals surface area contributed by atoms with E-state index in [1.807, 2.05) is 32.0 Å². The zero-order valence-corrected chi connectivity index (χ0v) is 14.3. The molecule has 0 amide bonds. The second-order valence-corrected chi connectivity index (χ2v) is 6.63. The molecule has 0 saturated heterocycles. The van der Waals surface area contributed by atoms with Crippen LogP contribution < -0.4 is 5.32 Å². The van der Waals surface area contributed by atoms with Crippen LogP contribution in [-0.4, -0.2) is 11.1 Å². The van der Waals surface area contributed by atoms with Gasteiger partial charge in [0.05, 0.1) is 6.42 Å². The van der Waals surface area contributed by atoms with Crippen molar-refractivity contribution in [3.63, 3.8) is 0 Å². The normalized spacial score (nSPS) is 13.2. The predicted octanol–water partition coefficient (Wildman–Crippen LogP) is 4.16. The molecule has 3 rings (SSSR count). The quantitative estimate of drug-likeness (QED) is 0.888. The fourth-order valence-corrected chi connectivity index (χ4v) is 3.88. The number of halogens is 1. The molecule has 0 fully saturated rings. The predicted molar refractivity (Wildman–Crippen MR) is 93.0 cm³/mol. The van der Waals surface area contributed by atoms with E-state index >= 15 is 0 Å². The van der Waals surface area contributed by atoms with Crippen LogP contribution in [0.15, 0.2) is 18.2 Å². The van der Waals surface area contributed by atoms with Crippen LogP contribution in [0.2, 0.25) is 5.02 Å². The summed E-state index contributed by atoms with van der Waals surface area (Å²) in [7, 11) is 0. The number of aryl methyl sites for hydroxylation is 1. The monoisotopic (exact) mass is 329 g/mol. The highest BCUT2D eigenvalue weighted by Gasteiger charge is 2.25. The van der Waals surface area contributed by atoms with Crippen molar-refractivity contribution in [2.45, 2.75) is 40.3 Å². The summed E-state index contributed by atoms with van der Waals surface area (Å²) < 4.78 is 0. The summed E-state index contributed by atoms with van der Waals surface area (Å²) in [6, 6.07) is 5.95. The van der Waals surface area contributed by atoms with Crippen LogP contribution >= 0.6 is 11.6 Å². The van der Waals surface area contributed by atoms with Gasteiger partial charge in [0.25, 0.3) is 0 Å². The number of carboxylic acids is 1. The van der Waals surface area contributed by atoms with Crippen molar-refractivity contribution in [1.82, 2.24) is 5.32 Å². The van der Waals surface area contributed by atoms with E-state index in [-0.39, 0.29) is 6.42 Å². The molecule has 2 aromatic rings. The van der Waals surface area contributed by atoms with E-state index in [1.54, 1.807) is 0 Å². The Kier molecular flexibility index (Phi) is 4.17.